The van der Waals surface area contributed by atoms with Gasteiger partial charge in [-0.25, -0.2) is 13.2 Å². The van der Waals surface area contributed by atoms with Crippen LogP contribution in [0.5, 0.6) is 0 Å². The van der Waals surface area contributed by atoms with Gasteiger partial charge in [-0.3, -0.25) is 4.72 Å². The van der Waals surface area contributed by atoms with Gasteiger partial charge in [0.05, 0.1) is 22.8 Å². The first-order valence-electron chi connectivity index (χ1n) is 6.89. The first-order chi connectivity index (χ1) is 10.8. The number of esters is 1. The number of carbonyl (C=O) groups excluding carboxylic acids is 1. The smallest absolute Gasteiger partial charge is 0.338 e. The van der Waals surface area contributed by atoms with E-state index < -0.39 is 16.0 Å². The van der Waals surface area contributed by atoms with E-state index in [0.717, 1.165) is 4.47 Å². The zero-order valence-corrected chi connectivity index (χ0v) is 15.1. The highest BCUT2D eigenvalue weighted by atomic mass is 79.9. The molecule has 0 unspecified atom stereocenters. The highest BCUT2D eigenvalue weighted by Gasteiger charge is 2.16. The van der Waals surface area contributed by atoms with Gasteiger partial charge in [-0.05, 0) is 61.9 Å². The zero-order valence-electron chi connectivity index (χ0n) is 12.7. The monoisotopic (exact) mass is 397 g/mol. The number of carbonyl (C=O) groups is 1. The Balaban J connectivity index is 2.26. The minimum absolute atomic E-state index is 0.162. The molecule has 5 nitrogen and oxygen atoms in total. The largest absolute Gasteiger partial charge is 0.462 e. The van der Waals surface area contributed by atoms with Crippen LogP contribution in [0.2, 0.25) is 0 Å². The van der Waals surface area contributed by atoms with E-state index in [0.29, 0.717) is 16.8 Å². The Bertz CT molecular complexity index is 816. The van der Waals surface area contributed by atoms with Crippen molar-refractivity contribution in [1.29, 1.82) is 0 Å². The fourth-order valence-corrected chi connectivity index (χ4v) is 3.33. The maximum Gasteiger partial charge on any atom is 0.338 e. The summed E-state index contributed by atoms with van der Waals surface area (Å²) in [4.78, 5) is 11.8. The molecular weight excluding hydrogens is 382 g/mol. The predicted molar refractivity (Wildman–Crippen MR) is 92.1 cm³/mol. The van der Waals surface area contributed by atoms with E-state index in [1.54, 1.807) is 38.1 Å². The van der Waals surface area contributed by atoms with Gasteiger partial charge >= 0.3 is 5.97 Å². The SMILES string of the molecule is CCOC(=O)c1ccc(NS(=O)(=O)c2ccc(Br)cc2)c(C)c1. The van der Waals surface area contributed by atoms with E-state index in [1.165, 1.54) is 18.2 Å². The summed E-state index contributed by atoms with van der Waals surface area (Å²) < 4.78 is 33.0. The summed E-state index contributed by atoms with van der Waals surface area (Å²) in [5, 5.41) is 0. The molecule has 0 radical (unpaired) electrons. The molecule has 0 heterocycles. The van der Waals surface area contributed by atoms with Crippen LogP contribution >= 0.6 is 15.9 Å². The van der Waals surface area contributed by atoms with E-state index in [4.69, 9.17) is 4.74 Å². The van der Waals surface area contributed by atoms with Crippen molar-refractivity contribution in [2.24, 2.45) is 0 Å². The number of hydrogen-bond acceptors (Lipinski definition) is 4. The standard InChI is InChI=1S/C16H16BrNO4S/c1-3-22-16(19)12-4-9-15(11(2)10-12)18-23(20,21)14-7-5-13(17)6-8-14/h4-10,18H,3H2,1-2H3. The van der Waals surface area contributed by atoms with E-state index in [-0.39, 0.29) is 11.5 Å². The van der Waals surface area contributed by atoms with Crippen LogP contribution in [0.15, 0.2) is 51.8 Å². The fraction of sp³-hybridized carbons (Fsp3) is 0.188. The molecule has 0 aliphatic heterocycles. The number of benzene rings is 2. The molecule has 7 heteroatoms. The average Bonchev–Trinajstić information content (AvgIpc) is 2.50. The number of nitrogens with one attached hydrogen (secondary N) is 1. The normalized spacial score (nSPS) is 11.1. The number of anilines is 1. The Hall–Kier alpha value is -1.86. The maximum absolute atomic E-state index is 12.4. The Morgan fingerprint density at radius 2 is 1.83 bits per heavy atom. The summed E-state index contributed by atoms with van der Waals surface area (Å²) in [6.07, 6.45) is 0. The molecule has 0 atom stereocenters. The highest BCUT2D eigenvalue weighted by molar-refractivity contribution is 9.10. The molecule has 0 saturated carbocycles. The van der Waals surface area contributed by atoms with Gasteiger partial charge < -0.3 is 4.74 Å². The van der Waals surface area contributed by atoms with E-state index in [1.807, 2.05) is 0 Å². The Morgan fingerprint density at radius 1 is 1.17 bits per heavy atom. The van der Waals surface area contributed by atoms with Gasteiger partial charge in [0.25, 0.3) is 10.0 Å². The molecule has 2 aromatic rings. The number of rotatable bonds is 5. The van der Waals surface area contributed by atoms with Gasteiger partial charge in [0, 0.05) is 4.47 Å². The molecule has 0 aliphatic carbocycles. The molecule has 2 rings (SSSR count). The molecule has 1 N–H and O–H groups in total. The van der Waals surface area contributed by atoms with Gasteiger partial charge in [-0.1, -0.05) is 15.9 Å². The van der Waals surface area contributed by atoms with Crippen molar-refractivity contribution in [3.05, 3.63) is 58.1 Å². The van der Waals surface area contributed by atoms with Gasteiger partial charge in [0.2, 0.25) is 0 Å². The lowest BCUT2D eigenvalue weighted by atomic mass is 10.1. The van der Waals surface area contributed by atoms with Crippen LogP contribution in [-0.4, -0.2) is 21.0 Å². The van der Waals surface area contributed by atoms with E-state index in [9.17, 15) is 13.2 Å². The third kappa shape index (κ3) is 4.33. The van der Waals surface area contributed by atoms with E-state index >= 15 is 0 Å². The number of ether oxygens (including phenoxy) is 1. The Morgan fingerprint density at radius 3 is 2.39 bits per heavy atom. The van der Waals surface area contributed by atoms with Crippen LogP contribution in [0.1, 0.15) is 22.8 Å². The summed E-state index contributed by atoms with van der Waals surface area (Å²) >= 11 is 3.27. The first-order valence-corrected chi connectivity index (χ1v) is 9.17. The van der Waals surface area contributed by atoms with Gasteiger partial charge in [0.15, 0.2) is 0 Å². The molecule has 2 aromatic carbocycles. The van der Waals surface area contributed by atoms with Crippen LogP contribution in [0.4, 0.5) is 5.69 Å². The minimum Gasteiger partial charge on any atom is -0.462 e. The topological polar surface area (TPSA) is 72.5 Å². The summed E-state index contributed by atoms with van der Waals surface area (Å²) in [6.45, 7) is 3.74. The quantitative estimate of drug-likeness (QED) is 0.779. The highest BCUT2D eigenvalue weighted by Crippen LogP contribution is 2.22. The third-order valence-corrected chi connectivity index (χ3v) is 5.02. The molecule has 122 valence electrons. The minimum atomic E-state index is -3.68. The predicted octanol–water partition coefficient (Wildman–Crippen LogP) is 3.74. The summed E-state index contributed by atoms with van der Waals surface area (Å²) in [7, 11) is -3.68. The molecule has 0 amide bonds. The van der Waals surface area contributed by atoms with Crippen molar-refractivity contribution >= 4 is 37.6 Å². The fourth-order valence-electron chi connectivity index (χ4n) is 1.94. The number of hydrogen-bond donors (Lipinski definition) is 1. The molecule has 0 aliphatic rings. The summed E-state index contributed by atoms with van der Waals surface area (Å²) in [5.41, 5.74) is 1.44. The molecule has 0 fully saturated rings. The van der Waals surface area contributed by atoms with Crippen LogP contribution in [0, 0.1) is 6.92 Å². The Kier molecular flexibility index (Phi) is 5.43. The molecule has 23 heavy (non-hydrogen) atoms. The second-order valence-electron chi connectivity index (χ2n) is 4.81. The Labute approximate surface area is 143 Å². The van der Waals surface area contributed by atoms with Gasteiger partial charge in [-0.15, -0.1) is 0 Å². The van der Waals surface area contributed by atoms with Crippen molar-refractivity contribution in [1.82, 2.24) is 0 Å². The summed E-state index contributed by atoms with van der Waals surface area (Å²) in [6, 6.07) is 11.0. The molecule has 0 aromatic heterocycles. The average molecular weight is 398 g/mol. The first kappa shape index (κ1) is 17.5. The zero-order chi connectivity index (χ0) is 17.0. The molecule has 0 bridgehead atoms. The number of sulfonamides is 1. The van der Waals surface area contributed by atoms with Crippen LogP contribution in [0.25, 0.3) is 0 Å². The van der Waals surface area contributed by atoms with Crippen LogP contribution in [-0.2, 0) is 14.8 Å². The van der Waals surface area contributed by atoms with Crippen molar-refractivity contribution in [3.8, 4) is 0 Å². The third-order valence-electron chi connectivity index (χ3n) is 3.11. The van der Waals surface area contributed by atoms with Crippen molar-refractivity contribution < 1.29 is 17.9 Å². The van der Waals surface area contributed by atoms with Crippen molar-refractivity contribution in [2.45, 2.75) is 18.7 Å². The van der Waals surface area contributed by atoms with Crippen LogP contribution in [0.3, 0.4) is 0 Å². The molecular formula is C16H16BrNO4S. The number of aryl methyl sites for hydroxylation is 1. The lowest BCUT2D eigenvalue weighted by Gasteiger charge is -2.12. The maximum atomic E-state index is 12.4. The molecule has 0 spiro atoms. The van der Waals surface area contributed by atoms with Crippen molar-refractivity contribution in [2.75, 3.05) is 11.3 Å². The lowest BCUT2D eigenvalue weighted by molar-refractivity contribution is 0.0526. The van der Waals surface area contributed by atoms with Crippen molar-refractivity contribution in [3.63, 3.8) is 0 Å². The second-order valence-corrected chi connectivity index (χ2v) is 7.41. The molecule has 0 saturated heterocycles. The van der Waals surface area contributed by atoms with Gasteiger partial charge in [-0.2, -0.15) is 0 Å². The second kappa shape index (κ2) is 7.14. The number of halogens is 1. The summed E-state index contributed by atoms with van der Waals surface area (Å²) in [5.74, 6) is -0.432. The lowest BCUT2D eigenvalue weighted by Crippen LogP contribution is -2.14. The van der Waals surface area contributed by atoms with Gasteiger partial charge in [0.1, 0.15) is 0 Å². The van der Waals surface area contributed by atoms with E-state index in [2.05, 4.69) is 20.7 Å². The van der Waals surface area contributed by atoms with Crippen LogP contribution < -0.4 is 4.72 Å².